The Morgan fingerprint density at radius 1 is 1.54 bits per heavy atom. The van der Waals surface area contributed by atoms with Crippen molar-refractivity contribution in [2.45, 2.75) is 18.5 Å². The van der Waals surface area contributed by atoms with Crippen LogP contribution in [0.25, 0.3) is 0 Å². The molecule has 0 radical (unpaired) electrons. The number of nitrogens with one attached hydrogen (secondary N) is 3. The van der Waals surface area contributed by atoms with Crippen molar-refractivity contribution in [3.8, 4) is 0 Å². The first-order valence-electron chi connectivity index (χ1n) is 4.73. The van der Waals surface area contributed by atoms with Crippen LogP contribution in [-0.2, 0) is 0 Å². The van der Waals surface area contributed by atoms with Gasteiger partial charge in [-0.25, -0.2) is 0 Å². The zero-order chi connectivity index (χ0) is 9.26. The summed E-state index contributed by atoms with van der Waals surface area (Å²) in [5.74, 6) is 0.616. The van der Waals surface area contributed by atoms with Crippen LogP contribution in [0.2, 0.25) is 0 Å². The molecule has 0 aliphatic carbocycles. The van der Waals surface area contributed by atoms with Gasteiger partial charge in [0, 0.05) is 32.2 Å². The second kappa shape index (κ2) is 3.38. The number of hydrogen-bond donors (Lipinski definition) is 3. The van der Waals surface area contributed by atoms with E-state index in [0.717, 1.165) is 13.1 Å². The van der Waals surface area contributed by atoms with E-state index in [2.05, 4.69) is 15.5 Å². The van der Waals surface area contributed by atoms with Crippen molar-refractivity contribution in [2.75, 3.05) is 20.1 Å². The molecular weight excluding hydrogens is 164 g/mol. The van der Waals surface area contributed by atoms with Crippen LogP contribution in [0.15, 0.2) is 12.3 Å². The molecule has 0 saturated carbocycles. The van der Waals surface area contributed by atoms with Gasteiger partial charge in [-0.2, -0.15) is 0 Å². The van der Waals surface area contributed by atoms with Crippen molar-refractivity contribution in [2.24, 2.45) is 0 Å². The summed E-state index contributed by atoms with van der Waals surface area (Å²) in [5.41, 5.74) is 0. The zero-order valence-corrected chi connectivity index (χ0v) is 7.88. The van der Waals surface area contributed by atoms with Crippen LogP contribution < -0.4 is 10.6 Å². The van der Waals surface area contributed by atoms with Gasteiger partial charge in [0.25, 0.3) is 0 Å². The molecule has 3 rings (SSSR count). The summed E-state index contributed by atoms with van der Waals surface area (Å²) in [4.78, 5) is 2.13. The van der Waals surface area contributed by atoms with E-state index in [1.807, 2.05) is 13.1 Å². The predicted molar refractivity (Wildman–Crippen MR) is 52.8 cm³/mol. The summed E-state index contributed by atoms with van der Waals surface area (Å²) in [6, 6.07) is 1.25. The molecule has 3 saturated heterocycles. The van der Waals surface area contributed by atoms with Crippen molar-refractivity contribution in [1.29, 1.82) is 5.41 Å². The molecule has 0 amide bonds. The van der Waals surface area contributed by atoms with E-state index in [-0.39, 0.29) is 0 Å². The molecule has 13 heavy (non-hydrogen) atoms. The molecule has 2 unspecified atom stereocenters. The lowest BCUT2D eigenvalue weighted by Crippen LogP contribution is -2.67. The van der Waals surface area contributed by atoms with E-state index in [4.69, 9.17) is 5.41 Å². The minimum Gasteiger partial charge on any atom is -0.394 e. The highest BCUT2D eigenvalue weighted by molar-refractivity contribution is 5.90. The predicted octanol–water partition coefficient (Wildman–Crippen LogP) is -0.257. The van der Waals surface area contributed by atoms with Crippen LogP contribution >= 0.6 is 0 Å². The largest absolute Gasteiger partial charge is 0.394 e. The lowest BCUT2D eigenvalue weighted by atomic mass is 9.91. The highest BCUT2D eigenvalue weighted by Crippen LogP contribution is 2.20. The van der Waals surface area contributed by atoms with Gasteiger partial charge in [-0.05, 0) is 18.7 Å². The smallest absolute Gasteiger partial charge is 0.122 e. The molecule has 3 aliphatic rings. The molecule has 4 nitrogen and oxygen atoms in total. The lowest BCUT2D eigenvalue weighted by molar-refractivity contribution is 0.128. The van der Waals surface area contributed by atoms with Gasteiger partial charge in [0.1, 0.15) is 5.84 Å². The van der Waals surface area contributed by atoms with E-state index < -0.39 is 0 Å². The number of fused-ring (bicyclic) bond motifs is 2. The van der Waals surface area contributed by atoms with E-state index in [0.29, 0.717) is 17.9 Å². The fourth-order valence-corrected chi connectivity index (χ4v) is 1.98. The van der Waals surface area contributed by atoms with Gasteiger partial charge in [-0.15, -0.1) is 0 Å². The van der Waals surface area contributed by atoms with Gasteiger partial charge < -0.3 is 15.5 Å². The van der Waals surface area contributed by atoms with E-state index in [9.17, 15) is 0 Å². The maximum absolute atomic E-state index is 7.77. The second-order valence-electron chi connectivity index (χ2n) is 3.71. The van der Waals surface area contributed by atoms with E-state index >= 15 is 0 Å². The van der Waals surface area contributed by atoms with Crippen LogP contribution in [-0.4, -0.2) is 43.0 Å². The minimum atomic E-state index is 0.616. The SMILES string of the molecule is CN/C=C\C(=N)N1CC2CC(C1)N2. The van der Waals surface area contributed by atoms with Gasteiger partial charge in [-0.1, -0.05) is 0 Å². The molecule has 3 fully saturated rings. The number of amidine groups is 1. The van der Waals surface area contributed by atoms with Crippen molar-refractivity contribution in [3.63, 3.8) is 0 Å². The monoisotopic (exact) mass is 180 g/mol. The molecule has 0 spiro atoms. The Labute approximate surface area is 78.5 Å². The number of nitrogens with zero attached hydrogens (tertiary/aromatic N) is 1. The average molecular weight is 180 g/mol. The Kier molecular flexibility index (Phi) is 2.22. The molecular formula is C9H16N4. The number of piperazine rings is 1. The van der Waals surface area contributed by atoms with Crippen molar-refractivity contribution in [3.05, 3.63) is 12.3 Å². The molecule has 2 atom stereocenters. The first-order valence-corrected chi connectivity index (χ1v) is 4.73. The van der Waals surface area contributed by atoms with Crippen LogP contribution in [0.5, 0.6) is 0 Å². The summed E-state index contributed by atoms with van der Waals surface area (Å²) < 4.78 is 0. The van der Waals surface area contributed by atoms with Gasteiger partial charge in [0.15, 0.2) is 0 Å². The Morgan fingerprint density at radius 2 is 2.15 bits per heavy atom. The minimum absolute atomic E-state index is 0.616. The molecule has 0 aromatic heterocycles. The summed E-state index contributed by atoms with van der Waals surface area (Å²) >= 11 is 0. The molecule has 3 N–H and O–H groups in total. The third kappa shape index (κ3) is 1.67. The third-order valence-electron chi connectivity index (χ3n) is 2.67. The van der Waals surface area contributed by atoms with Gasteiger partial charge in [-0.3, -0.25) is 5.41 Å². The van der Waals surface area contributed by atoms with Crippen LogP contribution in [0, 0.1) is 5.41 Å². The third-order valence-corrected chi connectivity index (χ3v) is 2.67. The van der Waals surface area contributed by atoms with Crippen LogP contribution in [0.3, 0.4) is 0 Å². The molecule has 2 bridgehead atoms. The summed E-state index contributed by atoms with van der Waals surface area (Å²) in [5, 5.41) is 14.1. The van der Waals surface area contributed by atoms with Gasteiger partial charge >= 0.3 is 0 Å². The highest BCUT2D eigenvalue weighted by atomic mass is 15.3. The number of piperidine rings is 1. The van der Waals surface area contributed by atoms with Crippen LogP contribution in [0.1, 0.15) is 6.42 Å². The van der Waals surface area contributed by atoms with Crippen molar-refractivity contribution < 1.29 is 0 Å². The molecule has 3 heterocycles. The van der Waals surface area contributed by atoms with E-state index in [1.165, 1.54) is 6.42 Å². The van der Waals surface area contributed by atoms with Gasteiger partial charge in [0.2, 0.25) is 0 Å². The Balaban J connectivity index is 1.87. The second-order valence-corrected chi connectivity index (χ2v) is 3.71. The summed E-state index contributed by atoms with van der Waals surface area (Å²) in [6.07, 6.45) is 4.90. The normalized spacial score (nSPS) is 31.6. The fourth-order valence-electron chi connectivity index (χ4n) is 1.98. The highest BCUT2D eigenvalue weighted by Gasteiger charge is 2.36. The first-order chi connectivity index (χ1) is 6.29. The average Bonchev–Trinajstić information content (AvgIpc) is 2.13. The molecule has 4 heteroatoms. The fraction of sp³-hybridized carbons (Fsp3) is 0.667. The topological polar surface area (TPSA) is 51.2 Å². The van der Waals surface area contributed by atoms with Crippen molar-refractivity contribution >= 4 is 5.84 Å². The maximum atomic E-state index is 7.77. The Bertz CT molecular complexity index is 220. The quantitative estimate of drug-likeness (QED) is 0.405. The summed E-state index contributed by atoms with van der Waals surface area (Å²) in [6.45, 7) is 1.98. The van der Waals surface area contributed by atoms with Gasteiger partial charge in [0.05, 0.1) is 0 Å². The zero-order valence-electron chi connectivity index (χ0n) is 7.88. The van der Waals surface area contributed by atoms with Crippen molar-refractivity contribution in [1.82, 2.24) is 15.5 Å². The van der Waals surface area contributed by atoms with E-state index in [1.54, 1.807) is 6.20 Å². The molecule has 72 valence electrons. The number of hydrogen-bond acceptors (Lipinski definition) is 3. The summed E-state index contributed by atoms with van der Waals surface area (Å²) in [7, 11) is 1.85. The first kappa shape index (κ1) is 8.56. The Hall–Kier alpha value is -1.03. The van der Waals surface area contributed by atoms with Crippen LogP contribution in [0.4, 0.5) is 0 Å². The number of rotatable bonds is 2. The maximum Gasteiger partial charge on any atom is 0.122 e. The molecule has 0 aromatic rings. The Morgan fingerprint density at radius 3 is 2.69 bits per heavy atom. The lowest BCUT2D eigenvalue weighted by Gasteiger charge is -2.48. The molecule has 0 aromatic carbocycles. The molecule has 3 aliphatic heterocycles. The standard InChI is InChI=1S/C9H16N4/c1-11-3-2-9(10)13-5-7-4-8(6-13)12-7/h2-3,7-8,10-12H,4-6H2,1H3/b3-2-,10-9?.